The number of morpholine rings is 1. The van der Waals surface area contributed by atoms with Crippen molar-refractivity contribution in [3.8, 4) is 11.4 Å². The van der Waals surface area contributed by atoms with Gasteiger partial charge in [0.25, 0.3) is 0 Å². The Morgan fingerprint density at radius 1 is 1.21 bits per heavy atom. The zero-order valence-corrected chi connectivity index (χ0v) is 21.3. The molecule has 0 spiro atoms. The topological polar surface area (TPSA) is 67.7 Å². The number of ether oxygens (including phenoxy) is 1. The number of aryl methyl sites for hydroxylation is 1. The lowest BCUT2D eigenvalue weighted by Crippen LogP contribution is -2.48. The third-order valence-electron chi connectivity index (χ3n) is 6.77. The van der Waals surface area contributed by atoms with Crippen molar-refractivity contribution in [2.75, 3.05) is 31.1 Å². The number of benzene rings is 2. The molecule has 1 aromatic heterocycles. The minimum absolute atomic E-state index is 0.0386. The van der Waals surface area contributed by atoms with Crippen molar-refractivity contribution in [2.24, 2.45) is 0 Å². The van der Waals surface area contributed by atoms with Gasteiger partial charge in [-0.2, -0.15) is 13.2 Å². The number of halogens is 5. The first kappa shape index (κ1) is 26.4. The molecule has 2 aliphatic heterocycles. The highest BCUT2D eigenvalue weighted by molar-refractivity contribution is 6.33. The van der Waals surface area contributed by atoms with E-state index in [2.05, 4.69) is 4.98 Å². The summed E-state index contributed by atoms with van der Waals surface area (Å²) in [5, 5.41) is 0.0690. The number of imidazole rings is 1. The molecule has 202 valence electrons. The van der Waals surface area contributed by atoms with Crippen LogP contribution < -0.4 is 4.90 Å². The molecule has 3 aromatic rings. The Morgan fingerprint density at radius 3 is 2.68 bits per heavy atom. The zero-order valence-electron chi connectivity index (χ0n) is 20.5. The maximum Gasteiger partial charge on any atom is 0.397 e. The quantitative estimate of drug-likeness (QED) is 0.413. The Hall–Kier alpha value is -3.18. The Labute approximate surface area is 220 Å². The standard InChI is InChI=1S/C26H25ClF4N4O3/c1-15-4-5-21-20(9-15)32-25(24-18(27)10-16(11-19(24)28)34-6-2-3-22(34)36)35(21)14-17-13-33(7-8-38-17)23(37)12-26(29,30)31/h4-5,9-11,17H,2-3,6-8,12-14H2,1H3/t17-/m1/s1. The van der Waals surface area contributed by atoms with Gasteiger partial charge in [0.1, 0.15) is 18.1 Å². The van der Waals surface area contributed by atoms with E-state index in [1.165, 1.54) is 17.0 Å². The van der Waals surface area contributed by atoms with Crippen LogP contribution in [0.2, 0.25) is 5.02 Å². The van der Waals surface area contributed by atoms with Crippen molar-refractivity contribution < 1.29 is 31.9 Å². The van der Waals surface area contributed by atoms with Crippen LogP contribution in [-0.2, 0) is 20.9 Å². The van der Waals surface area contributed by atoms with Gasteiger partial charge in [-0.15, -0.1) is 0 Å². The van der Waals surface area contributed by atoms with Crippen molar-refractivity contribution in [3.05, 3.63) is 46.7 Å². The molecule has 2 saturated heterocycles. The van der Waals surface area contributed by atoms with E-state index in [0.29, 0.717) is 36.1 Å². The van der Waals surface area contributed by atoms with Crippen LogP contribution in [0.15, 0.2) is 30.3 Å². The molecule has 0 saturated carbocycles. The molecule has 1 atom stereocenters. The van der Waals surface area contributed by atoms with Crippen LogP contribution in [0.25, 0.3) is 22.4 Å². The van der Waals surface area contributed by atoms with E-state index in [4.69, 9.17) is 16.3 Å². The lowest BCUT2D eigenvalue weighted by Gasteiger charge is -2.33. The molecule has 2 fully saturated rings. The smallest absolute Gasteiger partial charge is 0.373 e. The Kier molecular flexibility index (Phi) is 7.08. The zero-order chi connectivity index (χ0) is 27.2. The Balaban J connectivity index is 1.50. The molecule has 2 amide bonds. The van der Waals surface area contributed by atoms with Gasteiger partial charge < -0.3 is 19.1 Å². The molecular formula is C26H25ClF4N4O3. The molecular weight excluding hydrogens is 528 g/mol. The lowest BCUT2D eigenvalue weighted by atomic mass is 10.1. The number of alkyl halides is 3. The maximum atomic E-state index is 15.6. The maximum absolute atomic E-state index is 15.6. The predicted octanol–water partition coefficient (Wildman–Crippen LogP) is 5.11. The average Bonchev–Trinajstić information content (AvgIpc) is 3.41. The van der Waals surface area contributed by atoms with E-state index in [0.717, 1.165) is 10.5 Å². The van der Waals surface area contributed by atoms with Gasteiger partial charge in [-0.1, -0.05) is 17.7 Å². The second-order valence-corrected chi connectivity index (χ2v) is 10.0. The largest absolute Gasteiger partial charge is 0.397 e. The minimum Gasteiger partial charge on any atom is -0.373 e. The summed E-state index contributed by atoms with van der Waals surface area (Å²) in [5.74, 6) is -1.56. The third kappa shape index (κ3) is 5.35. The monoisotopic (exact) mass is 552 g/mol. The van der Waals surface area contributed by atoms with Crippen LogP contribution in [0, 0.1) is 12.7 Å². The normalized spacial score (nSPS) is 18.6. The van der Waals surface area contributed by atoms with Crippen LogP contribution in [0.3, 0.4) is 0 Å². The second kappa shape index (κ2) is 10.2. The highest BCUT2D eigenvalue weighted by Gasteiger charge is 2.36. The summed E-state index contributed by atoms with van der Waals surface area (Å²) >= 11 is 6.57. The lowest BCUT2D eigenvalue weighted by molar-refractivity contribution is -0.166. The molecule has 3 heterocycles. The number of carbonyl (C=O) groups excluding carboxylic acids is 2. The molecule has 7 nitrogen and oxygen atoms in total. The van der Waals surface area contributed by atoms with E-state index in [1.54, 1.807) is 4.57 Å². The van der Waals surface area contributed by atoms with Crippen molar-refractivity contribution in [1.82, 2.24) is 14.5 Å². The molecule has 38 heavy (non-hydrogen) atoms. The second-order valence-electron chi connectivity index (χ2n) is 9.60. The molecule has 2 aromatic carbocycles. The van der Waals surface area contributed by atoms with E-state index in [9.17, 15) is 22.8 Å². The van der Waals surface area contributed by atoms with Gasteiger partial charge >= 0.3 is 6.18 Å². The SMILES string of the molecule is Cc1ccc2c(c1)nc(-c1c(F)cc(N3CCCC3=O)cc1Cl)n2C[C@H]1CN(C(=O)CC(F)(F)F)CCO1. The molecule has 0 bridgehead atoms. The average molecular weight is 553 g/mol. The summed E-state index contributed by atoms with van der Waals surface area (Å²) in [6.07, 6.45) is -5.72. The van der Waals surface area contributed by atoms with Gasteiger partial charge in [0, 0.05) is 31.7 Å². The molecule has 2 aliphatic rings. The van der Waals surface area contributed by atoms with Crippen LogP contribution in [0.5, 0.6) is 0 Å². The van der Waals surface area contributed by atoms with Crippen molar-refractivity contribution in [1.29, 1.82) is 0 Å². The van der Waals surface area contributed by atoms with Crippen LogP contribution in [-0.4, -0.2) is 64.8 Å². The summed E-state index contributed by atoms with van der Waals surface area (Å²) in [4.78, 5) is 31.6. The Bertz CT molecular complexity index is 1380. The predicted molar refractivity (Wildman–Crippen MR) is 133 cm³/mol. The fourth-order valence-corrected chi connectivity index (χ4v) is 5.30. The number of aromatic nitrogens is 2. The van der Waals surface area contributed by atoms with Gasteiger partial charge in [0.05, 0.1) is 40.9 Å². The van der Waals surface area contributed by atoms with Gasteiger partial charge in [-0.05, 0) is 43.2 Å². The number of rotatable bonds is 5. The number of amides is 2. The molecule has 0 aliphatic carbocycles. The number of fused-ring (bicyclic) bond motifs is 1. The fourth-order valence-electron chi connectivity index (χ4n) is 5.01. The van der Waals surface area contributed by atoms with Crippen molar-refractivity contribution in [3.63, 3.8) is 0 Å². The summed E-state index contributed by atoms with van der Waals surface area (Å²) in [5.41, 5.74) is 2.57. The van der Waals surface area contributed by atoms with Crippen LogP contribution in [0.4, 0.5) is 23.2 Å². The molecule has 0 radical (unpaired) electrons. The van der Waals surface area contributed by atoms with E-state index < -0.39 is 30.4 Å². The van der Waals surface area contributed by atoms with Gasteiger partial charge in [-0.25, -0.2) is 9.37 Å². The first-order valence-electron chi connectivity index (χ1n) is 12.2. The summed E-state index contributed by atoms with van der Waals surface area (Å²) < 4.78 is 61.4. The molecule has 5 rings (SSSR count). The number of hydrogen-bond acceptors (Lipinski definition) is 4. The number of anilines is 1. The Morgan fingerprint density at radius 2 is 2.00 bits per heavy atom. The van der Waals surface area contributed by atoms with Crippen molar-refractivity contribution in [2.45, 2.75) is 45.0 Å². The minimum atomic E-state index is -4.60. The van der Waals surface area contributed by atoms with E-state index >= 15 is 4.39 Å². The number of nitrogens with zero attached hydrogens (tertiary/aromatic N) is 4. The van der Waals surface area contributed by atoms with Crippen LogP contribution >= 0.6 is 11.6 Å². The summed E-state index contributed by atoms with van der Waals surface area (Å²) in [6.45, 7) is 2.55. The van der Waals surface area contributed by atoms with Gasteiger partial charge in [0.2, 0.25) is 11.8 Å². The van der Waals surface area contributed by atoms with E-state index in [-0.39, 0.29) is 48.6 Å². The summed E-state index contributed by atoms with van der Waals surface area (Å²) in [7, 11) is 0. The first-order valence-corrected chi connectivity index (χ1v) is 12.6. The molecule has 12 heteroatoms. The number of hydrogen-bond donors (Lipinski definition) is 0. The number of carbonyl (C=O) groups is 2. The van der Waals surface area contributed by atoms with Crippen molar-refractivity contribution >= 4 is 40.1 Å². The fraction of sp³-hybridized carbons (Fsp3) is 0.423. The molecule has 0 unspecified atom stereocenters. The van der Waals surface area contributed by atoms with Gasteiger partial charge in [0.15, 0.2) is 0 Å². The van der Waals surface area contributed by atoms with Gasteiger partial charge in [-0.3, -0.25) is 9.59 Å². The van der Waals surface area contributed by atoms with Crippen LogP contribution in [0.1, 0.15) is 24.8 Å². The van der Waals surface area contributed by atoms with E-state index in [1.807, 2.05) is 25.1 Å². The third-order valence-corrected chi connectivity index (χ3v) is 7.07. The molecule has 0 N–H and O–H groups in total. The first-order chi connectivity index (χ1) is 18.0. The summed E-state index contributed by atoms with van der Waals surface area (Å²) in [6, 6.07) is 8.31. The highest BCUT2D eigenvalue weighted by Crippen LogP contribution is 2.37. The highest BCUT2D eigenvalue weighted by atomic mass is 35.5.